The number of carbonyl (C=O) groups excluding carboxylic acids is 3. The van der Waals surface area contributed by atoms with Gasteiger partial charge in [-0.2, -0.15) is 0 Å². The molecule has 0 saturated heterocycles. The first-order chi connectivity index (χ1) is 10.7. The van der Waals surface area contributed by atoms with Gasteiger partial charge in [0, 0.05) is 5.56 Å². The summed E-state index contributed by atoms with van der Waals surface area (Å²) in [4.78, 5) is 35.5. The standard InChI is InChI=1S/C17H24N2O4/c1-5-23-17(22)12(4)9-14(15(18)20)19-16(21)13-7-10(2)6-11(3)8-13/h6-8,12,14H,5,9H2,1-4H3,(H2,18,20)(H,19,21)/t12-,14+/m0/s1. The molecule has 3 N–H and O–H groups in total. The highest BCUT2D eigenvalue weighted by Crippen LogP contribution is 2.12. The summed E-state index contributed by atoms with van der Waals surface area (Å²) >= 11 is 0. The third kappa shape index (κ3) is 5.73. The molecule has 0 fully saturated rings. The number of rotatable bonds is 7. The lowest BCUT2D eigenvalue weighted by atomic mass is 10.0. The van der Waals surface area contributed by atoms with Crippen LogP contribution in [0.4, 0.5) is 0 Å². The molecule has 6 heteroatoms. The number of primary amides is 1. The summed E-state index contributed by atoms with van der Waals surface area (Å²) in [6.07, 6.45) is 0.102. The summed E-state index contributed by atoms with van der Waals surface area (Å²) < 4.78 is 4.90. The van der Waals surface area contributed by atoms with Crippen molar-refractivity contribution in [3.63, 3.8) is 0 Å². The number of nitrogens with two attached hydrogens (primary N) is 1. The Bertz CT molecular complexity index is 578. The van der Waals surface area contributed by atoms with Crippen LogP contribution in [0.15, 0.2) is 18.2 Å². The first-order valence-electron chi connectivity index (χ1n) is 7.59. The molecule has 1 aromatic carbocycles. The average Bonchev–Trinajstić information content (AvgIpc) is 2.45. The number of benzene rings is 1. The minimum absolute atomic E-state index is 0.102. The predicted molar refractivity (Wildman–Crippen MR) is 86.8 cm³/mol. The predicted octanol–water partition coefficient (Wildman–Crippen LogP) is 1.48. The van der Waals surface area contributed by atoms with Gasteiger partial charge >= 0.3 is 5.97 Å². The van der Waals surface area contributed by atoms with Crippen molar-refractivity contribution in [2.75, 3.05) is 6.61 Å². The highest BCUT2D eigenvalue weighted by Gasteiger charge is 2.25. The molecule has 0 radical (unpaired) electrons. The molecule has 0 heterocycles. The van der Waals surface area contributed by atoms with Crippen LogP contribution in [0.25, 0.3) is 0 Å². The van der Waals surface area contributed by atoms with Gasteiger partial charge in [-0.25, -0.2) is 0 Å². The Morgan fingerprint density at radius 3 is 2.22 bits per heavy atom. The van der Waals surface area contributed by atoms with E-state index in [0.717, 1.165) is 11.1 Å². The van der Waals surface area contributed by atoms with Crippen LogP contribution in [0.2, 0.25) is 0 Å². The molecule has 2 atom stereocenters. The third-order valence-electron chi connectivity index (χ3n) is 3.41. The van der Waals surface area contributed by atoms with Crippen LogP contribution in [-0.2, 0) is 14.3 Å². The van der Waals surface area contributed by atoms with Crippen molar-refractivity contribution in [1.29, 1.82) is 0 Å². The maximum absolute atomic E-state index is 12.3. The summed E-state index contributed by atoms with van der Waals surface area (Å²) in [5, 5.41) is 2.59. The monoisotopic (exact) mass is 320 g/mol. The zero-order valence-electron chi connectivity index (χ0n) is 14.0. The largest absolute Gasteiger partial charge is 0.466 e. The summed E-state index contributed by atoms with van der Waals surface area (Å²) in [7, 11) is 0. The van der Waals surface area contributed by atoms with Crippen LogP contribution >= 0.6 is 0 Å². The SMILES string of the molecule is CCOC(=O)[C@@H](C)C[C@@H](NC(=O)c1cc(C)cc(C)c1)C(N)=O. The number of hydrogen-bond acceptors (Lipinski definition) is 4. The Morgan fingerprint density at radius 2 is 1.74 bits per heavy atom. The lowest BCUT2D eigenvalue weighted by molar-refractivity contribution is -0.147. The first-order valence-corrected chi connectivity index (χ1v) is 7.59. The van der Waals surface area contributed by atoms with E-state index in [-0.39, 0.29) is 13.0 Å². The van der Waals surface area contributed by atoms with Gasteiger partial charge in [-0.05, 0) is 39.3 Å². The molecule has 126 valence electrons. The van der Waals surface area contributed by atoms with Crippen LogP contribution < -0.4 is 11.1 Å². The summed E-state index contributed by atoms with van der Waals surface area (Å²) in [5.74, 6) is -2.03. The van der Waals surface area contributed by atoms with Gasteiger partial charge < -0.3 is 15.8 Å². The molecule has 0 aromatic heterocycles. The lowest BCUT2D eigenvalue weighted by Crippen LogP contribution is -2.46. The fourth-order valence-electron chi connectivity index (χ4n) is 2.33. The van der Waals surface area contributed by atoms with Gasteiger partial charge in [0.25, 0.3) is 5.91 Å². The zero-order chi connectivity index (χ0) is 17.6. The quantitative estimate of drug-likeness (QED) is 0.743. The van der Waals surface area contributed by atoms with E-state index < -0.39 is 29.7 Å². The van der Waals surface area contributed by atoms with E-state index in [4.69, 9.17) is 10.5 Å². The molecule has 1 rings (SSSR count). The lowest BCUT2D eigenvalue weighted by Gasteiger charge is -2.19. The molecule has 0 bridgehead atoms. The van der Waals surface area contributed by atoms with Crippen LogP contribution in [-0.4, -0.2) is 30.4 Å². The molecule has 1 aromatic rings. The number of esters is 1. The smallest absolute Gasteiger partial charge is 0.308 e. The normalized spacial score (nSPS) is 13.0. The second kappa shape index (κ2) is 8.31. The van der Waals surface area contributed by atoms with E-state index in [9.17, 15) is 14.4 Å². The molecule has 0 saturated carbocycles. The fourth-order valence-corrected chi connectivity index (χ4v) is 2.33. The number of amides is 2. The van der Waals surface area contributed by atoms with Crippen molar-refractivity contribution in [2.24, 2.45) is 11.7 Å². The van der Waals surface area contributed by atoms with E-state index in [0.29, 0.717) is 5.56 Å². The number of aryl methyl sites for hydroxylation is 2. The van der Waals surface area contributed by atoms with Crippen molar-refractivity contribution >= 4 is 17.8 Å². The van der Waals surface area contributed by atoms with E-state index in [1.807, 2.05) is 19.9 Å². The molecule has 2 amide bonds. The topological polar surface area (TPSA) is 98.5 Å². The van der Waals surface area contributed by atoms with Gasteiger partial charge in [0.05, 0.1) is 12.5 Å². The fraction of sp³-hybridized carbons (Fsp3) is 0.471. The number of carbonyl (C=O) groups is 3. The van der Waals surface area contributed by atoms with Gasteiger partial charge in [0.15, 0.2) is 0 Å². The Morgan fingerprint density at radius 1 is 1.17 bits per heavy atom. The maximum atomic E-state index is 12.3. The Labute approximate surface area is 136 Å². The van der Waals surface area contributed by atoms with Crippen LogP contribution in [0.5, 0.6) is 0 Å². The van der Waals surface area contributed by atoms with Crippen molar-refractivity contribution in [3.8, 4) is 0 Å². The van der Waals surface area contributed by atoms with Crippen LogP contribution in [0, 0.1) is 19.8 Å². The van der Waals surface area contributed by atoms with Crippen molar-refractivity contribution in [1.82, 2.24) is 5.32 Å². The van der Waals surface area contributed by atoms with Gasteiger partial charge in [-0.3, -0.25) is 14.4 Å². The van der Waals surface area contributed by atoms with Crippen molar-refractivity contribution in [3.05, 3.63) is 34.9 Å². The maximum Gasteiger partial charge on any atom is 0.308 e. The van der Waals surface area contributed by atoms with Gasteiger partial charge in [0.1, 0.15) is 6.04 Å². The molecular weight excluding hydrogens is 296 g/mol. The van der Waals surface area contributed by atoms with Gasteiger partial charge in [-0.1, -0.05) is 24.1 Å². The number of ether oxygens (including phenoxy) is 1. The molecule has 0 spiro atoms. The second-order valence-corrected chi connectivity index (χ2v) is 5.69. The summed E-state index contributed by atoms with van der Waals surface area (Å²) in [6.45, 7) is 7.38. The highest BCUT2D eigenvalue weighted by molar-refractivity contribution is 5.97. The molecule has 6 nitrogen and oxygen atoms in total. The van der Waals surface area contributed by atoms with E-state index >= 15 is 0 Å². The highest BCUT2D eigenvalue weighted by atomic mass is 16.5. The first kappa shape index (κ1) is 18.7. The summed E-state index contributed by atoms with van der Waals surface area (Å²) in [6, 6.07) is 4.48. The van der Waals surface area contributed by atoms with Crippen LogP contribution in [0.3, 0.4) is 0 Å². The number of hydrogen-bond donors (Lipinski definition) is 2. The van der Waals surface area contributed by atoms with Crippen LogP contribution in [0.1, 0.15) is 41.8 Å². The molecule has 0 aliphatic rings. The molecule has 0 aliphatic heterocycles. The van der Waals surface area contributed by atoms with E-state index in [1.165, 1.54) is 0 Å². The molecule has 0 unspecified atom stereocenters. The Kier molecular flexibility index (Phi) is 6.75. The second-order valence-electron chi connectivity index (χ2n) is 5.69. The van der Waals surface area contributed by atoms with E-state index in [2.05, 4.69) is 5.32 Å². The minimum Gasteiger partial charge on any atom is -0.466 e. The van der Waals surface area contributed by atoms with Crippen molar-refractivity contribution in [2.45, 2.75) is 40.2 Å². The van der Waals surface area contributed by atoms with E-state index in [1.54, 1.807) is 26.0 Å². The zero-order valence-corrected chi connectivity index (χ0v) is 14.0. The van der Waals surface area contributed by atoms with Crippen molar-refractivity contribution < 1.29 is 19.1 Å². The van der Waals surface area contributed by atoms with Gasteiger partial charge in [0.2, 0.25) is 5.91 Å². The molecule has 0 aliphatic carbocycles. The van der Waals surface area contributed by atoms with Gasteiger partial charge in [-0.15, -0.1) is 0 Å². The molecular formula is C17H24N2O4. The third-order valence-corrected chi connectivity index (χ3v) is 3.41. The Balaban J connectivity index is 2.81. The minimum atomic E-state index is -0.928. The molecule has 23 heavy (non-hydrogen) atoms. The Hall–Kier alpha value is -2.37. The number of nitrogens with one attached hydrogen (secondary N) is 1. The summed E-state index contributed by atoms with van der Waals surface area (Å²) in [5.41, 5.74) is 7.69. The average molecular weight is 320 g/mol.